The van der Waals surface area contributed by atoms with Gasteiger partial charge in [-0.1, -0.05) is 28.9 Å². The van der Waals surface area contributed by atoms with Gasteiger partial charge in [0, 0.05) is 32.2 Å². The minimum Gasteiger partial charge on any atom is -0.371 e. The van der Waals surface area contributed by atoms with Crippen molar-refractivity contribution in [1.82, 2.24) is 19.9 Å². The van der Waals surface area contributed by atoms with Gasteiger partial charge in [-0.25, -0.2) is 0 Å². The number of halogens is 1. The molecule has 1 aromatic carbocycles. The highest BCUT2D eigenvalue weighted by Gasteiger charge is 2.24. The third kappa shape index (κ3) is 3.92. The maximum Gasteiger partial charge on any atom is 0.316 e. The lowest BCUT2D eigenvalue weighted by molar-refractivity contribution is -0.0338. The lowest BCUT2D eigenvalue weighted by atomic mass is 10.1. The molecule has 1 saturated heterocycles. The molecule has 0 saturated carbocycles. The molecular weight excluding hydrogens is 332 g/mol. The Bertz CT molecular complexity index is 702. The highest BCUT2D eigenvalue weighted by molar-refractivity contribution is 6.30. The van der Waals surface area contributed by atoms with Crippen LogP contribution < -0.4 is 0 Å². The van der Waals surface area contributed by atoms with Gasteiger partial charge in [0.1, 0.15) is 0 Å². The Balaban J connectivity index is 1.63. The van der Waals surface area contributed by atoms with Crippen LogP contribution in [-0.2, 0) is 11.3 Å². The fourth-order valence-corrected chi connectivity index (χ4v) is 2.65. The summed E-state index contributed by atoms with van der Waals surface area (Å²) in [4.78, 5) is 19.5. The summed E-state index contributed by atoms with van der Waals surface area (Å²) in [6.45, 7) is 2.62. The van der Waals surface area contributed by atoms with Gasteiger partial charge >= 0.3 is 11.8 Å². The van der Waals surface area contributed by atoms with E-state index in [2.05, 4.69) is 15.0 Å². The zero-order chi connectivity index (χ0) is 17.1. The van der Waals surface area contributed by atoms with Crippen molar-refractivity contribution in [3.05, 3.63) is 46.6 Å². The van der Waals surface area contributed by atoms with E-state index in [0.29, 0.717) is 30.5 Å². The van der Waals surface area contributed by atoms with Gasteiger partial charge in [0.25, 0.3) is 0 Å². The largest absolute Gasteiger partial charge is 0.371 e. The number of amides is 1. The lowest BCUT2D eigenvalue weighted by Gasteiger charge is -2.32. The zero-order valence-electron chi connectivity index (χ0n) is 13.6. The molecule has 7 nitrogen and oxygen atoms in total. The molecule has 1 aliphatic rings. The number of benzene rings is 1. The fraction of sp³-hybridized carbons (Fsp3) is 0.438. The second-order valence-electron chi connectivity index (χ2n) is 5.86. The molecule has 0 aliphatic carbocycles. The molecule has 128 valence electrons. The van der Waals surface area contributed by atoms with Crippen molar-refractivity contribution in [2.75, 3.05) is 33.8 Å². The van der Waals surface area contributed by atoms with Gasteiger partial charge in [-0.3, -0.25) is 9.69 Å². The average molecular weight is 351 g/mol. The number of hydrogen-bond donors (Lipinski definition) is 0. The van der Waals surface area contributed by atoms with Crippen LogP contribution in [0.2, 0.25) is 5.02 Å². The lowest BCUT2D eigenvalue weighted by Crippen LogP contribution is -2.38. The van der Waals surface area contributed by atoms with Gasteiger partial charge in [0.2, 0.25) is 0 Å². The predicted molar refractivity (Wildman–Crippen MR) is 87.7 cm³/mol. The topological polar surface area (TPSA) is 71.7 Å². The molecule has 2 heterocycles. The number of morpholine rings is 1. The molecule has 3 rings (SSSR count). The highest BCUT2D eigenvalue weighted by Crippen LogP contribution is 2.24. The van der Waals surface area contributed by atoms with Gasteiger partial charge < -0.3 is 14.2 Å². The van der Waals surface area contributed by atoms with E-state index in [1.165, 1.54) is 4.90 Å². The van der Waals surface area contributed by atoms with Crippen molar-refractivity contribution in [3.8, 4) is 0 Å². The summed E-state index contributed by atoms with van der Waals surface area (Å²) in [5.74, 6) is 0.212. The molecule has 1 amide bonds. The second-order valence-corrected chi connectivity index (χ2v) is 6.30. The maximum absolute atomic E-state index is 11.8. The van der Waals surface area contributed by atoms with E-state index in [-0.39, 0.29) is 17.9 Å². The Kier molecular flexibility index (Phi) is 5.13. The smallest absolute Gasteiger partial charge is 0.316 e. The zero-order valence-corrected chi connectivity index (χ0v) is 14.4. The van der Waals surface area contributed by atoms with Crippen LogP contribution in [0.4, 0.5) is 0 Å². The Morgan fingerprint density at radius 3 is 2.83 bits per heavy atom. The molecule has 1 aliphatic heterocycles. The van der Waals surface area contributed by atoms with Gasteiger partial charge in [-0.15, -0.1) is 0 Å². The minimum atomic E-state index is -0.297. The van der Waals surface area contributed by atoms with Crippen LogP contribution in [-0.4, -0.2) is 59.6 Å². The number of carbonyl (C=O) groups is 1. The van der Waals surface area contributed by atoms with E-state index in [4.69, 9.17) is 20.9 Å². The van der Waals surface area contributed by atoms with E-state index in [0.717, 1.165) is 12.1 Å². The third-order valence-electron chi connectivity index (χ3n) is 3.81. The molecule has 1 aromatic heterocycles. The average Bonchev–Trinajstić information content (AvgIpc) is 3.03. The first-order valence-electron chi connectivity index (χ1n) is 7.66. The molecule has 24 heavy (non-hydrogen) atoms. The Labute approximate surface area is 145 Å². The van der Waals surface area contributed by atoms with Crippen LogP contribution in [0.3, 0.4) is 0 Å². The summed E-state index contributed by atoms with van der Waals surface area (Å²) in [5.41, 5.74) is 1.08. The molecule has 1 atom stereocenters. The van der Waals surface area contributed by atoms with Crippen molar-refractivity contribution < 1.29 is 14.1 Å². The predicted octanol–water partition coefficient (Wildman–Crippen LogP) is 2.00. The van der Waals surface area contributed by atoms with Crippen LogP contribution in [0.5, 0.6) is 0 Å². The summed E-state index contributed by atoms with van der Waals surface area (Å²) in [7, 11) is 3.29. The normalized spacial score (nSPS) is 18.5. The van der Waals surface area contributed by atoms with Crippen molar-refractivity contribution >= 4 is 17.5 Å². The number of nitrogens with zero attached hydrogens (tertiary/aromatic N) is 4. The quantitative estimate of drug-likeness (QED) is 0.839. The maximum atomic E-state index is 11.8. The molecular formula is C16H19ClN4O3. The molecule has 1 fully saturated rings. The van der Waals surface area contributed by atoms with Crippen LogP contribution >= 0.6 is 11.6 Å². The fourth-order valence-electron chi connectivity index (χ4n) is 2.52. The Morgan fingerprint density at radius 1 is 1.38 bits per heavy atom. The monoisotopic (exact) mass is 350 g/mol. The van der Waals surface area contributed by atoms with Gasteiger partial charge in [0.15, 0.2) is 5.82 Å². The van der Waals surface area contributed by atoms with Gasteiger partial charge in [0.05, 0.1) is 19.3 Å². The first-order valence-corrected chi connectivity index (χ1v) is 8.04. The minimum absolute atomic E-state index is 0.0116. The standard InChI is InChI=1S/C16H19ClN4O3/c1-20(2)16(22)15-18-14(19-24-15)10-21-7-8-23-13(9-21)11-3-5-12(17)6-4-11/h3-6,13H,7-10H2,1-2H3/t13-/m1/s1. The number of aromatic nitrogens is 2. The van der Waals surface area contributed by atoms with E-state index in [9.17, 15) is 4.79 Å². The highest BCUT2D eigenvalue weighted by atomic mass is 35.5. The number of hydrogen-bond acceptors (Lipinski definition) is 6. The van der Waals surface area contributed by atoms with Crippen LogP contribution in [0.1, 0.15) is 28.2 Å². The van der Waals surface area contributed by atoms with Crippen LogP contribution in [0.15, 0.2) is 28.8 Å². The van der Waals surface area contributed by atoms with E-state index in [1.807, 2.05) is 24.3 Å². The molecule has 0 unspecified atom stereocenters. The molecule has 0 bridgehead atoms. The molecule has 0 radical (unpaired) electrons. The summed E-state index contributed by atoms with van der Waals surface area (Å²) in [6.07, 6.45) is -0.0224. The molecule has 8 heteroatoms. The van der Waals surface area contributed by atoms with E-state index < -0.39 is 0 Å². The Hall–Kier alpha value is -1.96. The Morgan fingerprint density at radius 2 is 2.12 bits per heavy atom. The summed E-state index contributed by atoms with van der Waals surface area (Å²) >= 11 is 5.93. The van der Waals surface area contributed by atoms with E-state index >= 15 is 0 Å². The van der Waals surface area contributed by atoms with Gasteiger partial charge in [-0.2, -0.15) is 4.98 Å². The summed E-state index contributed by atoms with van der Waals surface area (Å²) in [6, 6.07) is 7.66. The first kappa shape index (κ1) is 16.9. The van der Waals surface area contributed by atoms with Crippen molar-refractivity contribution in [1.29, 1.82) is 0 Å². The molecule has 0 N–H and O–H groups in total. The SMILES string of the molecule is CN(C)C(=O)c1nc(CN2CCO[C@@H](c3ccc(Cl)cc3)C2)no1. The van der Waals surface area contributed by atoms with Gasteiger partial charge in [-0.05, 0) is 17.7 Å². The van der Waals surface area contributed by atoms with Crippen LogP contribution in [0.25, 0.3) is 0 Å². The second kappa shape index (κ2) is 7.29. The van der Waals surface area contributed by atoms with E-state index in [1.54, 1.807) is 14.1 Å². The van der Waals surface area contributed by atoms with Crippen molar-refractivity contribution in [2.45, 2.75) is 12.6 Å². The van der Waals surface area contributed by atoms with Crippen molar-refractivity contribution in [2.24, 2.45) is 0 Å². The number of rotatable bonds is 4. The van der Waals surface area contributed by atoms with Crippen molar-refractivity contribution in [3.63, 3.8) is 0 Å². The number of ether oxygens (including phenoxy) is 1. The van der Waals surface area contributed by atoms with Crippen LogP contribution in [0, 0.1) is 0 Å². The third-order valence-corrected chi connectivity index (χ3v) is 4.07. The summed E-state index contributed by atoms with van der Waals surface area (Å²) < 4.78 is 10.9. The first-order chi connectivity index (χ1) is 11.5. The number of carbonyl (C=O) groups excluding carboxylic acids is 1. The molecule has 2 aromatic rings. The summed E-state index contributed by atoms with van der Waals surface area (Å²) in [5, 5.41) is 4.59. The molecule has 0 spiro atoms.